The summed E-state index contributed by atoms with van der Waals surface area (Å²) >= 11 is 0. The van der Waals surface area contributed by atoms with Gasteiger partial charge in [-0.2, -0.15) is 5.10 Å². The van der Waals surface area contributed by atoms with Gasteiger partial charge in [-0.1, -0.05) is 24.6 Å². The minimum absolute atomic E-state index is 0.235. The van der Waals surface area contributed by atoms with Crippen molar-refractivity contribution >= 4 is 23.3 Å². The van der Waals surface area contributed by atoms with Gasteiger partial charge in [0.05, 0.1) is 23.1 Å². The highest BCUT2D eigenvalue weighted by molar-refractivity contribution is 6.05. The summed E-state index contributed by atoms with van der Waals surface area (Å²) in [6.45, 7) is 4.01. The summed E-state index contributed by atoms with van der Waals surface area (Å²) in [7, 11) is 0. The van der Waals surface area contributed by atoms with Crippen LogP contribution >= 0.6 is 0 Å². The van der Waals surface area contributed by atoms with Crippen molar-refractivity contribution < 1.29 is 9.59 Å². The Morgan fingerprint density at radius 2 is 1.59 bits per heavy atom. The second-order valence-electron chi connectivity index (χ2n) is 6.13. The molecule has 0 aliphatic heterocycles. The number of aryl methyl sites for hydroxylation is 1. The molecule has 4 N–H and O–H groups in total. The first kappa shape index (κ1) is 18.2. The Kier molecular flexibility index (Phi) is 5.21. The van der Waals surface area contributed by atoms with Crippen LogP contribution in [0.3, 0.4) is 0 Å². The highest BCUT2D eigenvalue weighted by atomic mass is 16.2. The number of rotatable bonds is 5. The van der Waals surface area contributed by atoms with Gasteiger partial charge in [-0.15, -0.1) is 0 Å². The molecule has 138 valence electrons. The van der Waals surface area contributed by atoms with E-state index in [2.05, 4.69) is 15.7 Å². The van der Waals surface area contributed by atoms with Crippen molar-refractivity contribution in [1.29, 1.82) is 0 Å². The van der Waals surface area contributed by atoms with Gasteiger partial charge in [0, 0.05) is 11.4 Å². The lowest BCUT2D eigenvalue weighted by Gasteiger charge is -2.09. The molecule has 1 aromatic heterocycles. The van der Waals surface area contributed by atoms with Crippen molar-refractivity contribution in [3.63, 3.8) is 0 Å². The predicted molar refractivity (Wildman–Crippen MR) is 105 cm³/mol. The number of amides is 3. The van der Waals surface area contributed by atoms with Gasteiger partial charge in [-0.3, -0.25) is 4.79 Å². The van der Waals surface area contributed by atoms with Crippen LogP contribution in [0.1, 0.15) is 28.5 Å². The minimum Gasteiger partial charge on any atom is -0.351 e. The molecule has 3 amide bonds. The quantitative estimate of drug-likeness (QED) is 0.646. The van der Waals surface area contributed by atoms with E-state index in [1.807, 2.05) is 38.1 Å². The maximum Gasteiger partial charge on any atom is 0.316 e. The smallest absolute Gasteiger partial charge is 0.316 e. The fourth-order valence-corrected chi connectivity index (χ4v) is 2.79. The lowest BCUT2D eigenvalue weighted by Crippen LogP contribution is -2.19. The Hall–Kier alpha value is -3.61. The number of nitrogens with zero attached hydrogens (tertiary/aromatic N) is 2. The van der Waals surface area contributed by atoms with E-state index in [1.165, 1.54) is 0 Å². The number of hydrogen-bond donors (Lipinski definition) is 3. The number of urea groups is 1. The topological polar surface area (TPSA) is 102 Å². The van der Waals surface area contributed by atoms with Gasteiger partial charge in [-0.05, 0) is 49.7 Å². The molecule has 0 spiro atoms. The third kappa shape index (κ3) is 4.14. The Balaban J connectivity index is 1.80. The summed E-state index contributed by atoms with van der Waals surface area (Å²) in [5.41, 5.74) is 9.69. The first-order chi connectivity index (χ1) is 13.0. The van der Waals surface area contributed by atoms with E-state index in [1.54, 1.807) is 35.1 Å². The lowest BCUT2D eigenvalue weighted by atomic mass is 10.1. The summed E-state index contributed by atoms with van der Waals surface area (Å²) in [5.74, 6) is -0.235. The molecular weight excluding hydrogens is 342 g/mol. The maximum absolute atomic E-state index is 12.7. The van der Waals surface area contributed by atoms with Crippen LogP contribution in [-0.4, -0.2) is 21.7 Å². The standard InChI is InChI=1S/C20H21N5O2/c1-3-18-17(12-22-25(18)16-10-4-13(2)5-11-16)19(26)23-14-6-8-15(9-7-14)24-20(21)27/h4-12H,3H2,1-2H3,(H,23,26)(H3,21,24,27). The van der Waals surface area contributed by atoms with Crippen molar-refractivity contribution in [3.05, 3.63) is 71.5 Å². The largest absolute Gasteiger partial charge is 0.351 e. The van der Waals surface area contributed by atoms with Gasteiger partial charge in [0.1, 0.15) is 0 Å². The maximum atomic E-state index is 12.7. The van der Waals surface area contributed by atoms with E-state index in [0.717, 1.165) is 16.9 Å². The molecule has 0 atom stereocenters. The number of aromatic nitrogens is 2. The van der Waals surface area contributed by atoms with Crippen LogP contribution in [0.15, 0.2) is 54.7 Å². The summed E-state index contributed by atoms with van der Waals surface area (Å²) < 4.78 is 1.79. The Morgan fingerprint density at radius 1 is 1.00 bits per heavy atom. The third-order valence-electron chi connectivity index (χ3n) is 4.14. The Bertz CT molecular complexity index is 959. The summed E-state index contributed by atoms with van der Waals surface area (Å²) in [5, 5.41) is 9.72. The van der Waals surface area contributed by atoms with Crippen LogP contribution in [0, 0.1) is 6.92 Å². The lowest BCUT2D eigenvalue weighted by molar-refractivity contribution is 0.102. The van der Waals surface area contributed by atoms with E-state index >= 15 is 0 Å². The van der Waals surface area contributed by atoms with E-state index in [0.29, 0.717) is 23.4 Å². The van der Waals surface area contributed by atoms with Crippen molar-refractivity contribution in [2.45, 2.75) is 20.3 Å². The van der Waals surface area contributed by atoms with E-state index in [-0.39, 0.29) is 5.91 Å². The molecule has 0 radical (unpaired) electrons. The molecule has 3 rings (SSSR count). The second-order valence-corrected chi connectivity index (χ2v) is 6.13. The SMILES string of the molecule is CCc1c(C(=O)Nc2ccc(NC(N)=O)cc2)cnn1-c1ccc(C)cc1. The molecule has 0 unspecified atom stereocenters. The summed E-state index contributed by atoms with van der Waals surface area (Å²) in [6, 6.07) is 14.1. The van der Waals surface area contributed by atoms with Crippen LogP contribution in [0.25, 0.3) is 5.69 Å². The van der Waals surface area contributed by atoms with Crippen LogP contribution in [0.4, 0.5) is 16.2 Å². The zero-order valence-electron chi connectivity index (χ0n) is 15.2. The molecule has 0 fully saturated rings. The number of carbonyl (C=O) groups is 2. The zero-order chi connectivity index (χ0) is 19.4. The van der Waals surface area contributed by atoms with Gasteiger partial charge in [0.25, 0.3) is 5.91 Å². The van der Waals surface area contributed by atoms with Crippen molar-refractivity contribution in [1.82, 2.24) is 9.78 Å². The first-order valence-corrected chi connectivity index (χ1v) is 8.59. The first-order valence-electron chi connectivity index (χ1n) is 8.59. The number of benzene rings is 2. The second kappa shape index (κ2) is 7.74. The van der Waals surface area contributed by atoms with E-state index < -0.39 is 6.03 Å². The molecule has 3 aromatic rings. The van der Waals surface area contributed by atoms with Crippen molar-refractivity contribution in [3.8, 4) is 5.69 Å². The van der Waals surface area contributed by atoms with Crippen LogP contribution in [-0.2, 0) is 6.42 Å². The number of nitrogens with one attached hydrogen (secondary N) is 2. The van der Waals surface area contributed by atoms with Crippen molar-refractivity contribution in [2.24, 2.45) is 5.73 Å². The number of primary amides is 1. The minimum atomic E-state index is -0.636. The van der Waals surface area contributed by atoms with Gasteiger partial charge < -0.3 is 16.4 Å². The third-order valence-corrected chi connectivity index (χ3v) is 4.14. The molecule has 0 saturated carbocycles. The molecule has 7 heteroatoms. The monoisotopic (exact) mass is 363 g/mol. The number of nitrogens with two attached hydrogens (primary N) is 1. The molecule has 1 heterocycles. The number of hydrogen-bond acceptors (Lipinski definition) is 3. The van der Waals surface area contributed by atoms with Crippen LogP contribution in [0.2, 0.25) is 0 Å². The highest BCUT2D eigenvalue weighted by Crippen LogP contribution is 2.19. The highest BCUT2D eigenvalue weighted by Gasteiger charge is 2.17. The van der Waals surface area contributed by atoms with Gasteiger partial charge in [0.15, 0.2) is 0 Å². The molecule has 27 heavy (non-hydrogen) atoms. The molecule has 2 aromatic carbocycles. The predicted octanol–water partition coefficient (Wildman–Crippen LogP) is 3.49. The fourth-order valence-electron chi connectivity index (χ4n) is 2.79. The van der Waals surface area contributed by atoms with Crippen LogP contribution < -0.4 is 16.4 Å². The average Bonchev–Trinajstić information content (AvgIpc) is 3.07. The fraction of sp³-hybridized carbons (Fsp3) is 0.150. The summed E-state index contributed by atoms with van der Waals surface area (Å²) in [6.07, 6.45) is 2.25. The normalized spacial score (nSPS) is 10.4. The molecule has 0 saturated heterocycles. The Morgan fingerprint density at radius 3 is 2.15 bits per heavy atom. The van der Waals surface area contributed by atoms with Gasteiger partial charge >= 0.3 is 6.03 Å². The molecule has 0 aliphatic rings. The number of carbonyl (C=O) groups excluding carboxylic acids is 2. The molecule has 0 bridgehead atoms. The van der Waals surface area contributed by atoms with Gasteiger partial charge in [-0.25, -0.2) is 9.48 Å². The Labute approximate surface area is 157 Å². The molecular formula is C20H21N5O2. The zero-order valence-corrected chi connectivity index (χ0v) is 15.2. The van der Waals surface area contributed by atoms with Gasteiger partial charge in [0.2, 0.25) is 0 Å². The average molecular weight is 363 g/mol. The molecule has 7 nitrogen and oxygen atoms in total. The van der Waals surface area contributed by atoms with Crippen molar-refractivity contribution in [2.75, 3.05) is 10.6 Å². The summed E-state index contributed by atoms with van der Waals surface area (Å²) in [4.78, 5) is 23.6. The molecule has 0 aliphatic carbocycles. The van der Waals surface area contributed by atoms with E-state index in [9.17, 15) is 9.59 Å². The number of anilines is 2. The van der Waals surface area contributed by atoms with E-state index in [4.69, 9.17) is 5.73 Å². The van der Waals surface area contributed by atoms with Crippen LogP contribution in [0.5, 0.6) is 0 Å².